The van der Waals surface area contributed by atoms with E-state index in [0.29, 0.717) is 15.9 Å². The average Bonchev–Trinajstić information content (AvgIpc) is 2.86. The number of benzene rings is 2. The average molecular weight is 463 g/mol. The summed E-state index contributed by atoms with van der Waals surface area (Å²) >= 11 is 0. The zero-order valence-electron chi connectivity index (χ0n) is 18.8. The number of hydrogen-bond acceptors (Lipinski definition) is 6. The fraction of sp³-hybridized carbons (Fsp3) is 0.200. The summed E-state index contributed by atoms with van der Waals surface area (Å²) in [6.45, 7) is 1.73. The van der Waals surface area contributed by atoms with E-state index in [1.165, 1.54) is 19.5 Å². The van der Waals surface area contributed by atoms with Crippen LogP contribution in [0.3, 0.4) is 0 Å². The third kappa shape index (κ3) is 5.89. The summed E-state index contributed by atoms with van der Waals surface area (Å²) in [7, 11) is 1.30. The van der Waals surface area contributed by atoms with Gasteiger partial charge in [0.2, 0.25) is 0 Å². The van der Waals surface area contributed by atoms with E-state index >= 15 is 0 Å². The van der Waals surface area contributed by atoms with Crippen molar-refractivity contribution in [1.82, 2.24) is 5.32 Å². The van der Waals surface area contributed by atoms with Crippen LogP contribution in [-0.4, -0.2) is 36.1 Å². The van der Waals surface area contributed by atoms with E-state index in [-0.39, 0.29) is 18.2 Å². The molecule has 2 atom stereocenters. The highest BCUT2D eigenvalue weighted by molar-refractivity contribution is 5.97. The van der Waals surface area contributed by atoms with Crippen molar-refractivity contribution in [3.05, 3.63) is 95.0 Å². The molecule has 0 aliphatic carbocycles. The number of nitrogens with two attached hydrogens (primary N) is 1. The Hall–Kier alpha value is -4.40. The zero-order valence-corrected chi connectivity index (χ0v) is 18.8. The number of carbonyl (C=O) groups excluding carboxylic acids is 2. The number of amides is 1. The van der Waals surface area contributed by atoms with E-state index in [0.717, 1.165) is 16.7 Å². The number of rotatable bonds is 8. The second-order valence-electron chi connectivity index (χ2n) is 7.81. The lowest BCUT2D eigenvalue weighted by Gasteiger charge is -2.23. The summed E-state index contributed by atoms with van der Waals surface area (Å²) in [5.74, 6) is -1.51. The van der Waals surface area contributed by atoms with Crippen LogP contribution in [0.15, 0.2) is 78.2 Å². The van der Waals surface area contributed by atoms with Crippen molar-refractivity contribution < 1.29 is 24.3 Å². The second kappa shape index (κ2) is 11.0. The van der Waals surface area contributed by atoms with Crippen molar-refractivity contribution >= 4 is 17.7 Å². The molecule has 2 aromatic carbocycles. The van der Waals surface area contributed by atoms with Gasteiger partial charge in [0, 0.05) is 28.8 Å². The number of ether oxygens (including phenoxy) is 1. The molecule has 4 N–H and O–H groups in total. The predicted octanol–water partition coefficient (Wildman–Crippen LogP) is 2.23. The van der Waals surface area contributed by atoms with Crippen molar-refractivity contribution in [2.45, 2.75) is 19.4 Å². The van der Waals surface area contributed by atoms with Crippen LogP contribution < -0.4 is 15.8 Å². The molecule has 0 fully saturated rings. The molecule has 1 amide bonds. The number of pyridine rings is 1. The molecule has 0 aliphatic heterocycles. The molecule has 0 bridgehead atoms. The summed E-state index contributed by atoms with van der Waals surface area (Å²) in [5.41, 5.74) is 8.89. The van der Waals surface area contributed by atoms with E-state index in [1.54, 1.807) is 55.5 Å². The van der Waals surface area contributed by atoms with Gasteiger partial charge < -0.3 is 26.2 Å². The molecule has 1 unspecified atom stereocenters. The molecule has 1 aromatic heterocycles. The van der Waals surface area contributed by atoms with Crippen molar-refractivity contribution in [2.75, 3.05) is 7.11 Å². The molecule has 9 heteroatoms. The largest absolute Gasteiger partial charge is 0.619 e. The van der Waals surface area contributed by atoms with Crippen LogP contribution in [0.1, 0.15) is 28.4 Å². The van der Waals surface area contributed by atoms with Crippen LogP contribution in [-0.2, 0) is 16.0 Å². The first-order chi connectivity index (χ1) is 16.3. The van der Waals surface area contributed by atoms with Gasteiger partial charge in [0.15, 0.2) is 18.2 Å². The number of aromatic nitrogens is 1. The fourth-order valence-electron chi connectivity index (χ4n) is 3.62. The van der Waals surface area contributed by atoms with E-state index in [1.807, 2.05) is 12.1 Å². The summed E-state index contributed by atoms with van der Waals surface area (Å²) < 4.78 is 5.67. The first-order valence-corrected chi connectivity index (χ1v) is 10.6. The maximum atomic E-state index is 12.8. The number of methoxy groups -OCH3 is 1. The molecule has 0 saturated heterocycles. The molecular formula is C25H26N4O5. The van der Waals surface area contributed by atoms with Gasteiger partial charge in [-0.25, -0.2) is 0 Å². The molecule has 1 heterocycles. The Morgan fingerprint density at radius 3 is 2.50 bits per heavy atom. The summed E-state index contributed by atoms with van der Waals surface area (Å²) in [6, 6.07) is 16.7. The number of nitrogens with zero attached hydrogens (tertiary/aromatic N) is 2. The molecule has 9 nitrogen and oxygen atoms in total. The van der Waals surface area contributed by atoms with E-state index in [9.17, 15) is 14.8 Å². The summed E-state index contributed by atoms with van der Waals surface area (Å²) in [5, 5.41) is 26.3. The van der Waals surface area contributed by atoms with Crippen molar-refractivity contribution in [1.29, 1.82) is 0 Å². The first-order valence-electron chi connectivity index (χ1n) is 10.6. The number of oxime groups is 1. The zero-order chi connectivity index (χ0) is 24.7. The highest BCUT2D eigenvalue weighted by Gasteiger charge is 2.28. The van der Waals surface area contributed by atoms with Gasteiger partial charge in [-0.2, -0.15) is 4.73 Å². The summed E-state index contributed by atoms with van der Waals surface area (Å²) in [6.07, 6.45) is 3.13. The Morgan fingerprint density at radius 2 is 1.85 bits per heavy atom. The Morgan fingerprint density at radius 1 is 1.12 bits per heavy atom. The minimum atomic E-state index is -0.660. The topological polar surface area (TPSA) is 141 Å². The maximum absolute atomic E-state index is 12.8. The quantitative estimate of drug-likeness (QED) is 0.0892. The van der Waals surface area contributed by atoms with Crippen LogP contribution in [0.5, 0.6) is 0 Å². The van der Waals surface area contributed by atoms with E-state index in [4.69, 9.17) is 15.7 Å². The van der Waals surface area contributed by atoms with Gasteiger partial charge in [-0.05, 0) is 48.7 Å². The molecular weight excluding hydrogens is 436 g/mol. The maximum Gasteiger partial charge on any atom is 0.311 e. The van der Waals surface area contributed by atoms with Gasteiger partial charge in [-0.3, -0.25) is 9.59 Å². The first kappa shape index (κ1) is 24.2. The monoisotopic (exact) mass is 462 g/mol. The molecule has 3 rings (SSSR count). The molecule has 0 aliphatic rings. The number of nitrogens with one attached hydrogen (secondary N) is 1. The minimum absolute atomic E-state index is 0.0400. The molecule has 0 saturated carbocycles. The van der Waals surface area contributed by atoms with Crippen molar-refractivity contribution in [3.63, 3.8) is 0 Å². The fourth-order valence-corrected chi connectivity index (χ4v) is 3.62. The molecule has 34 heavy (non-hydrogen) atoms. The second-order valence-corrected chi connectivity index (χ2v) is 7.81. The van der Waals surface area contributed by atoms with Gasteiger partial charge in [-0.1, -0.05) is 35.5 Å². The van der Waals surface area contributed by atoms with E-state index in [2.05, 4.69) is 10.5 Å². The van der Waals surface area contributed by atoms with Crippen LogP contribution in [0.2, 0.25) is 0 Å². The lowest BCUT2D eigenvalue weighted by Crippen LogP contribution is -2.42. The van der Waals surface area contributed by atoms with Crippen LogP contribution in [0.4, 0.5) is 0 Å². The molecule has 0 radical (unpaired) electrons. The SMILES string of the molecule is COC(=O)[C@H](Cc1cccc(C(N)=NO)c1)C(C)NC(=O)c1ccc(-c2ccc[n+]([O-])c2)cc1. The predicted molar refractivity (Wildman–Crippen MR) is 126 cm³/mol. The van der Waals surface area contributed by atoms with Crippen molar-refractivity contribution in [2.24, 2.45) is 16.8 Å². The Balaban J connectivity index is 1.73. The normalized spacial score (nSPS) is 13.1. The van der Waals surface area contributed by atoms with Gasteiger partial charge >= 0.3 is 5.97 Å². The van der Waals surface area contributed by atoms with Gasteiger partial charge in [0.05, 0.1) is 13.0 Å². The van der Waals surface area contributed by atoms with Crippen LogP contribution in [0, 0.1) is 11.1 Å². The van der Waals surface area contributed by atoms with Crippen LogP contribution >= 0.6 is 0 Å². The standard InChI is InChI=1S/C25H26N4O5/c1-16(22(25(31)34-2)14-17-5-3-6-20(13-17)23(26)28-32)27-24(30)19-10-8-18(9-11-19)21-7-4-12-29(33)15-21/h3-13,15-16,22,32H,14H2,1-2H3,(H2,26,28)(H,27,30)/t16?,22-/m1/s1. The van der Waals surface area contributed by atoms with E-state index < -0.39 is 17.9 Å². The Labute approximate surface area is 197 Å². The smallest absolute Gasteiger partial charge is 0.311 e. The van der Waals surface area contributed by atoms with Gasteiger partial charge in [0.1, 0.15) is 0 Å². The van der Waals surface area contributed by atoms with Gasteiger partial charge in [-0.15, -0.1) is 0 Å². The lowest BCUT2D eigenvalue weighted by atomic mass is 9.92. The Kier molecular flexibility index (Phi) is 7.81. The molecule has 176 valence electrons. The number of amidine groups is 1. The third-order valence-corrected chi connectivity index (χ3v) is 5.51. The minimum Gasteiger partial charge on any atom is -0.619 e. The Bertz CT molecular complexity index is 1190. The summed E-state index contributed by atoms with van der Waals surface area (Å²) in [4.78, 5) is 25.3. The van der Waals surface area contributed by atoms with Gasteiger partial charge in [0.25, 0.3) is 5.91 Å². The van der Waals surface area contributed by atoms with Crippen molar-refractivity contribution in [3.8, 4) is 11.1 Å². The number of carbonyl (C=O) groups is 2. The highest BCUT2D eigenvalue weighted by Crippen LogP contribution is 2.19. The third-order valence-electron chi connectivity index (χ3n) is 5.51. The van der Waals surface area contributed by atoms with Crippen LogP contribution in [0.25, 0.3) is 11.1 Å². The lowest BCUT2D eigenvalue weighted by molar-refractivity contribution is -0.604. The molecule has 3 aromatic rings. The number of esters is 1. The molecule has 0 spiro atoms. The number of hydrogen-bond donors (Lipinski definition) is 3. The highest BCUT2D eigenvalue weighted by atomic mass is 16.5.